The van der Waals surface area contributed by atoms with Crippen molar-refractivity contribution < 1.29 is 9.90 Å². The highest BCUT2D eigenvalue weighted by Gasteiger charge is 2.07. The maximum Gasteiger partial charge on any atom is 0.224 e. The van der Waals surface area contributed by atoms with Crippen LogP contribution in [-0.4, -0.2) is 16.8 Å². The lowest BCUT2D eigenvalue weighted by Gasteiger charge is -2.02. The Labute approximate surface area is 111 Å². The molecule has 0 spiro atoms. The summed E-state index contributed by atoms with van der Waals surface area (Å²) in [6.45, 7) is 0.131. The zero-order valence-corrected chi connectivity index (χ0v) is 10.7. The third-order valence-electron chi connectivity index (χ3n) is 2.54. The van der Waals surface area contributed by atoms with Crippen LogP contribution in [0, 0.1) is 0 Å². The van der Waals surface area contributed by atoms with Gasteiger partial charge in [0, 0.05) is 17.1 Å². The molecule has 0 bridgehead atoms. The van der Waals surface area contributed by atoms with E-state index in [0.717, 1.165) is 10.5 Å². The molecule has 0 aliphatic rings. The Bertz CT molecular complexity index is 506. The molecule has 0 radical (unpaired) electrons. The molecule has 0 saturated heterocycles. The highest BCUT2D eigenvalue weighted by molar-refractivity contribution is 8.14. The van der Waals surface area contributed by atoms with Crippen LogP contribution >= 0.6 is 11.8 Å². The fourth-order valence-electron chi connectivity index (χ4n) is 1.59. The van der Waals surface area contributed by atoms with Gasteiger partial charge < -0.3 is 5.11 Å². The molecule has 0 atom stereocenters. The molecule has 0 amide bonds. The Kier molecular flexibility index (Phi) is 4.56. The van der Waals surface area contributed by atoms with Crippen LogP contribution < -0.4 is 0 Å². The lowest BCUT2D eigenvalue weighted by molar-refractivity contribution is 0.108. The first-order valence-corrected chi connectivity index (χ1v) is 6.58. The first-order chi connectivity index (χ1) is 8.79. The van der Waals surface area contributed by atoms with Gasteiger partial charge in [-0.15, -0.1) is 0 Å². The van der Waals surface area contributed by atoms with Crippen LogP contribution in [0.3, 0.4) is 0 Å². The molecule has 0 aliphatic carbocycles. The fraction of sp³-hybridized carbons (Fsp3) is 0.133. The van der Waals surface area contributed by atoms with Crippen molar-refractivity contribution in [3.63, 3.8) is 0 Å². The maximum atomic E-state index is 12.0. The Morgan fingerprint density at radius 1 is 1.00 bits per heavy atom. The zero-order chi connectivity index (χ0) is 12.8. The van der Waals surface area contributed by atoms with Gasteiger partial charge in [0.2, 0.25) is 5.12 Å². The summed E-state index contributed by atoms with van der Waals surface area (Å²) in [4.78, 5) is 12.9. The molecule has 0 saturated carbocycles. The maximum absolute atomic E-state index is 12.0. The molecule has 1 N–H and O–H groups in total. The van der Waals surface area contributed by atoms with Gasteiger partial charge in [0.05, 0.1) is 0 Å². The highest BCUT2D eigenvalue weighted by atomic mass is 32.2. The molecule has 3 heteroatoms. The molecule has 18 heavy (non-hydrogen) atoms. The van der Waals surface area contributed by atoms with Crippen molar-refractivity contribution in [3.05, 3.63) is 65.7 Å². The van der Waals surface area contributed by atoms with Crippen LogP contribution in [-0.2, 0) is 6.42 Å². The average molecular weight is 258 g/mol. The molecule has 0 aromatic heterocycles. The van der Waals surface area contributed by atoms with E-state index in [0.29, 0.717) is 12.0 Å². The second-order valence-electron chi connectivity index (χ2n) is 3.87. The molecular weight excluding hydrogens is 244 g/mol. The van der Waals surface area contributed by atoms with Gasteiger partial charge in [-0.3, -0.25) is 4.79 Å². The molecule has 0 fully saturated rings. The van der Waals surface area contributed by atoms with E-state index in [4.69, 9.17) is 5.11 Å². The number of benzene rings is 2. The highest BCUT2D eigenvalue weighted by Crippen LogP contribution is 2.22. The van der Waals surface area contributed by atoms with Crippen molar-refractivity contribution in [2.24, 2.45) is 0 Å². The van der Waals surface area contributed by atoms with Crippen LogP contribution in [0.2, 0.25) is 0 Å². The predicted octanol–water partition coefficient (Wildman–Crippen LogP) is 3.15. The van der Waals surface area contributed by atoms with Crippen molar-refractivity contribution in [2.45, 2.75) is 11.3 Å². The number of carbonyl (C=O) groups is 1. The second-order valence-corrected chi connectivity index (χ2v) is 4.92. The number of thioether (sulfide) groups is 1. The second kappa shape index (κ2) is 6.38. The predicted molar refractivity (Wildman–Crippen MR) is 73.9 cm³/mol. The molecule has 0 unspecified atom stereocenters. The van der Waals surface area contributed by atoms with Crippen molar-refractivity contribution >= 4 is 16.9 Å². The Morgan fingerprint density at radius 3 is 2.28 bits per heavy atom. The largest absolute Gasteiger partial charge is 0.396 e. The average Bonchev–Trinajstić information content (AvgIpc) is 2.41. The van der Waals surface area contributed by atoms with Gasteiger partial charge in [-0.1, -0.05) is 42.5 Å². The first kappa shape index (κ1) is 12.9. The van der Waals surface area contributed by atoms with E-state index in [1.54, 1.807) is 0 Å². The van der Waals surface area contributed by atoms with E-state index in [-0.39, 0.29) is 11.7 Å². The topological polar surface area (TPSA) is 37.3 Å². The van der Waals surface area contributed by atoms with Crippen LogP contribution in [0.4, 0.5) is 0 Å². The third kappa shape index (κ3) is 3.45. The summed E-state index contributed by atoms with van der Waals surface area (Å²) in [7, 11) is 0. The van der Waals surface area contributed by atoms with Gasteiger partial charge >= 0.3 is 0 Å². The number of aliphatic hydroxyl groups excluding tert-OH is 1. The van der Waals surface area contributed by atoms with Crippen LogP contribution in [0.15, 0.2) is 59.5 Å². The van der Waals surface area contributed by atoms with Gasteiger partial charge in [-0.2, -0.15) is 0 Å². The monoisotopic (exact) mass is 258 g/mol. The molecule has 2 nitrogen and oxygen atoms in total. The van der Waals surface area contributed by atoms with Gasteiger partial charge in [0.15, 0.2) is 0 Å². The van der Waals surface area contributed by atoms with Gasteiger partial charge in [-0.05, 0) is 35.9 Å². The van der Waals surface area contributed by atoms with E-state index in [1.165, 1.54) is 11.8 Å². The van der Waals surface area contributed by atoms with E-state index in [2.05, 4.69) is 0 Å². The molecule has 0 aliphatic heterocycles. The summed E-state index contributed by atoms with van der Waals surface area (Å²) in [6, 6.07) is 17.0. The number of rotatable bonds is 4. The Balaban J connectivity index is 2.05. The van der Waals surface area contributed by atoms with E-state index < -0.39 is 0 Å². The van der Waals surface area contributed by atoms with Crippen LogP contribution in [0.5, 0.6) is 0 Å². The summed E-state index contributed by atoms with van der Waals surface area (Å²) in [5.41, 5.74) is 1.73. The van der Waals surface area contributed by atoms with Crippen LogP contribution in [0.1, 0.15) is 15.9 Å². The van der Waals surface area contributed by atoms with Gasteiger partial charge in [0.1, 0.15) is 0 Å². The van der Waals surface area contributed by atoms with Crippen molar-refractivity contribution in [3.8, 4) is 0 Å². The molecule has 2 aromatic rings. The number of hydrogen-bond donors (Lipinski definition) is 1. The molecule has 92 valence electrons. The minimum Gasteiger partial charge on any atom is -0.396 e. The summed E-state index contributed by atoms with van der Waals surface area (Å²) in [5, 5.41) is 8.86. The molecule has 0 heterocycles. The third-order valence-corrected chi connectivity index (χ3v) is 3.47. The molecule has 2 aromatic carbocycles. The Morgan fingerprint density at radius 2 is 1.67 bits per heavy atom. The summed E-state index contributed by atoms with van der Waals surface area (Å²) >= 11 is 1.23. The standard InChI is InChI=1S/C15H14O2S/c16-11-10-12-6-8-13(9-7-12)15(17)18-14-4-2-1-3-5-14/h1-9,16H,10-11H2. The van der Waals surface area contributed by atoms with E-state index in [1.807, 2.05) is 54.6 Å². The normalized spacial score (nSPS) is 10.3. The molecular formula is C15H14O2S. The van der Waals surface area contributed by atoms with Crippen molar-refractivity contribution in [1.82, 2.24) is 0 Å². The summed E-state index contributed by atoms with van der Waals surface area (Å²) in [6.07, 6.45) is 0.625. The molecule has 2 rings (SSSR count). The SMILES string of the molecule is O=C(Sc1ccccc1)c1ccc(CCO)cc1. The quantitative estimate of drug-likeness (QED) is 0.856. The summed E-state index contributed by atoms with van der Waals surface area (Å²) in [5.74, 6) is 0. The number of aliphatic hydroxyl groups is 1. The van der Waals surface area contributed by atoms with Gasteiger partial charge in [-0.25, -0.2) is 0 Å². The lowest BCUT2D eigenvalue weighted by Crippen LogP contribution is -1.95. The fourth-order valence-corrected chi connectivity index (χ4v) is 2.35. The summed E-state index contributed by atoms with van der Waals surface area (Å²) < 4.78 is 0. The smallest absolute Gasteiger partial charge is 0.224 e. The van der Waals surface area contributed by atoms with Gasteiger partial charge in [0.25, 0.3) is 0 Å². The van der Waals surface area contributed by atoms with Crippen molar-refractivity contribution in [2.75, 3.05) is 6.61 Å². The minimum atomic E-state index is 0.0387. The van der Waals surface area contributed by atoms with E-state index >= 15 is 0 Å². The first-order valence-electron chi connectivity index (χ1n) is 5.76. The number of hydrogen-bond acceptors (Lipinski definition) is 3. The zero-order valence-electron chi connectivity index (χ0n) is 9.87. The Hall–Kier alpha value is -1.58. The minimum absolute atomic E-state index is 0.0387. The number of carbonyl (C=O) groups excluding carboxylic acids is 1. The van der Waals surface area contributed by atoms with Crippen molar-refractivity contribution in [1.29, 1.82) is 0 Å². The van der Waals surface area contributed by atoms with E-state index in [9.17, 15) is 4.79 Å². The lowest BCUT2D eigenvalue weighted by atomic mass is 10.1. The van der Waals surface area contributed by atoms with Crippen LogP contribution in [0.25, 0.3) is 0 Å².